The van der Waals surface area contributed by atoms with Gasteiger partial charge in [0.1, 0.15) is 16.4 Å². The van der Waals surface area contributed by atoms with E-state index in [4.69, 9.17) is 40.2 Å². The van der Waals surface area contributed by atoms with Crippen LogP contribution >= 0.6 is 35.4 Å². The molecule has 0 atom stereocenters. The van der Waals surface area contributed by atoms with Crippen LogP contribution in [0.4, 0.5) is 5.95 Å². The number of hydrogen-bond donors (Lipinski definition) is 1. The van der Waals surface area contributed by atoms with E-state index in [0.29, 0.717) is 53.6 Å². The van der Waals surface area contributed by atoms with Gasteiger partial charge in [0.25, 0.3) is 5.56 Å². The van der Waals surface area contributed by atoms with Gasteiger partial charge in [0.05, 0.1) is 18.9 Å². The number of morpholine rings is 1. The number of hydrogen-bond acceptors (Lipinski definition) is 6. The number of nitrogens with one attached hydrogen (secondary N) is 1. The summed E-state index contributed by atoms with van der Waals surface area (Å²) in [6.07, 6.45) is 1.52. The Morgan fingerprint density at radius 1 is 1.15 bits per heavy atom. The number of benzene rings is 1. The SMILES string of the molecule is O=c1[nH]c(N2CCOCC2)nc2ncn(-c3cc(Cl)cc(Cl)c3)c(=S)c12. The van der Waals surface area contributed by atoms with Crippen LogP contribution in [0.3, 0.4) is 0 Å². The van der Waals surface area contributed by atoms with Crippen LogP contribution in [0, 0.1) is 4.64 Å². The van der Waals surface area contributed by atoms with E-state index in [2.05, 4.69) is 15.0 Å². The van der Waals surface area contributed by atoms with E-state index in [1.807, 2.05) is 4.90 Å². The second-order valence-electron chi connectivity index (χ2n) is 5.73. The van der Waals surface area contributed by atoms with Crippen LogP contribution in [-0.4, -0.2) is 45.8 Å². The number of aromatic nitrogens is 4. The number of anilines is 1. The zero-order valence-corrected chi connectivity index (χ0v) is 15.7. The molecule has 0 spiro atoms. The molecule has 1 N–H and O–H groups in total. The number of H-pyrrole nitrogens is 1. The van der Waals surface area contributed by atoms with Gasteiger partial charge in [-0.25, -0.2) is 4.98 Å². The molecule has 0 radical (unpaired) electrons. The fourth-order valence-electron chi connectivity index (χ4n) is 2.81. The third-order valence-electron chi connectivity index (χ3n) is 4.05. The normalized spacial score (nSPS) is 14.8. The lowest BCUT2D eigenvalue weighted by Gasteiger charge is -2.27. The fourth-order valence-corrected chi connectivity index (χ4v) is 3.66. The van der Waals surface area contributed by atoms with Crippen molar-refractivity contribution in [2.75, 3.05) is 31.2 Å². The summed E-state index contributed by atoms with van der Waals surface area (Å²) in [5.74, 6) is 0.469. The predicted molar refractivity (Wildman–Crippen MR) is 103 cm³/mol. The van der Waals surface area contributed by atoms with E-state index in [-0.39, 0.29) is 15.6 Å². The number of aromatic amines is 1. The quantitative estimate of drug-likeness (QED) is 0.655. The van der Waals surface area contributed by atoms with Crippen LogP contribution in [0.15, 0.2) is 29.3 Å². The number of ether oxygens (including phenoxy) is 1. The zero-order chi connectivity index (χ0) is 18.3. The lowest BCUT2D eigenvalue weighted by atomic mass is 10.3. The van der Waals surface area contributed by atoms with Crippen molar-refractivity contribution in [2.24, 2.45) is 0 Å². The Kier molecular flexibility index (Phi) is 4.66. The maximum absolute atomic E-state index is 12.7. The Bertz CT molecular complexity index is 1090. The first kappa shape index (κ1) is 17.4. The Labute approximate surface area is 163 Å². The largest absolute Gasteiger partial charge is 0.378 e. The molecule has 2 aromatic heterocycles. The molecule has 3 aromatic rings. The highest BCUT2D eigenvalue weighted by atomic mass is 35.5. The number of halogens is 2. The number of nitrogens with zero attached hydrogens (tertiary/aromatic N) is 4. The molecule has 1 aliphatic heterocycles. The monoisotopic (exact) mass is 409 g/mol. The molecule has 134 valence electrons. The van der Waals surface area contributed by atoms with Crippen molar-refractivity contribution < 1.29 is 4.74 Å². The Morgan fingerprint density at radius 3 is 2.54 bits per heavy atom. The minimum atomic E-state index is -0.337. The van der Waals surface area contributed by atoms with E-state index in [1.165, 1.54) is 6.33 Å². The molecule has 7 nitrogen and oxygen atoms in total. The molecule has 1 aliphatic rings. The van der Waals surface area contributed by atoms with Crippen molar-refractivity contribution in [3.05, 3.63) is 49.6 Å². The molecule has 1 fully saturated rings. The zero-order valence-electron chi connectivity index (χ0n) is 13.4. The summed E-state index contributed by atoms with van der Waals surface area (Å²) in [5.41, 5.74) is 0.583. The van der Waals surface area contributed by atoms with Crippen LogP contribution in [-0.2, 0) is 4.74 Å². The lowest BCUT2D eigenvalue weighted by molar-refractivity contribution is 0.122. The van der Waals surface area contributed by atoms with Crippen molar-refractivity contribution in [3.8, 4) is 5.69 Å². The minimum Gasteiger partial charge on any atom is -0.378 e. The van der Waals surface area contributed by atoms with Crippen LogP contribution in [0.5, 0.6) is 0 Å². The van der Waals surface area contributed by atoms with E-state index >= 15 is 0 Å². The summed E-state index contributed by atoms with van der Waals surface area (Å²) in [6.45, 7) is 2.49. The second-order valence-corrected chi connectivity index (χ2v) is 6.99. The Hall–Kier alpha value is -2.00. The first-order chi connectivity index (χ1) is 12.5. The first-order valence-electron chi connectivity index (χ1n) is 7.84. The van der Waals surface area contributed by atoms with Crippen LogP contribution < -0.4 is 10.5 Å². The first-order valence-corrected chi connectivity index (χ1v) is 9.00. The van der Waals surface area contributed by atoms with Gasteiger partial charge in [-0.15, -0.1) is 0 Å². The van der Waals surface area contributed by atoms with Gasteiger partial charge in [0, 0.05) is 23.1 Å². The van der Waals surface area contributed by atoms with Crippen molar-refractivity contribution >= 4 is 52.4 Å². The molecule has 1 saturated heterocycles. The highest BCUT2D eigenvalue weighted by Crippen LogP contribution is 2.23. The molecular formula is C16H13Cl2N5O2S. The summed E-state index contributed by atoms with van der Waals surface area (Å²) in [5, 5.41) is 1.17. The van der Waals surface area contributed by atoms with Crippen molar-refractivity contribution in [1.29, 1.82) is 0 Å². The number of fused-ring (bicyclic) bond motifs is 1. The average molecular weight is 410 g/mol. The van der Waals surface area contributed by atoms with E-state index < -0.39 is 0 Å². The summed E-state index contributed by atoms with van der Waals surface area (Å²) in [4.78, 5) is 26.2. The van der Waals surface area contributed by atoms with E-state index in [0.717, 1.165) is 0 Å². The van der Waals surface area contributed by atoms with Gasteiger partial charge in [-0.05, 0) is 18.2 Å². The molecule has 0 unspecified atom stereocenters. The molecule has 26 heavy (non-hydrogen) atoms. The van der Waals surface area contributed by atoms with Crippen molar-refractivity contribution in [1.82, 2.24) is 19.5 Å². The van der Waals surface area contributed by atoms with Gasteiger partial charge in [-0.1, -0.05) is 35.4 Å². The summed E-state index contributed by atoms with van der Waals surface area (Å²) in [7, 11) is 0. The summed E-state index contributed by atoms with van der Waals surface area (Å²) in [6, 6.07) is 5.01. The van der Waals surface area contributed by atoms with Crippen molar-refractivity contribution in [3.63, 3.8) is 0 Å². The van der Waals surface area contributed by atoms with Crippen LogP contribution in [0.25, 0.3) is 16.7 Å². The maximum Gasteiger partial charge on any atom is 0.264 e. The molecule has 0 aliphatic carbocycles. The average Bonchev–Trinajstić information content (AvgIpc) is 2.61. The van der Waals surface area contributed by atoms with Gasteiger partial charge in [0.15, 0.2) is 5.65 Å². The molecule has 0 bridgehead atoms. The van der Waals surface area contributed by atoms with Gasteiger partial charge in [0.2, 0.25) is 5.95 Å². The molecule has 0 saturated carbocycles. The lowest BCUT2D eigenvalue weighted by Crippen LogP contribution is -2.38. The second kappa shape index (κ2) is 6.96. The third kappa shape index (κ3) is 3.21. The Balaban J connectivity index is 1.87. The molecule has 10 heteroatoms. The van der Waals surface area contributed by atoms with Gasteiger partial charge in [-0.3, -0.25) is 14.3 Å². The van der Waals surface area contributed by atoms with Crippen LogP contribution in [0.1, 0.15) is 0 Å². The summed E-state index contributed by atoms with van der Waals surface area (Å²) >= 11 is 17.6. The van der Waals surface area contributed by atoms with Gasteiger partial charge < -0.3 is 9.64 Å². The third-order valence-corrected chi connectivity index (χ3v) is 4.89. The highest BCUT2D eigenvalue weighted by molar-refractivity contribution is 7.71. The molecule has 3 heterocycles. The molecule has 4 rings (SSSR count). The van der Waals surface area contributed by atoms with Crippen LogP contribution in [0.2, 0.25) is 10.0 Å². The molecule has 1 aromatic carbocycles. The topological polar surface area (TPSA) is 76.0 Å². The Morgan fingerprint density at radius 2 is 1.85 bits per heavy atom. The summed E-state index contributed by atoms with van der Waals surface area (Å²) < 4.78 is 7.20. The maximum atomic E-state index is 12.7. The van der Waals surface area contributed by atoms with E-state index in [9.17, 15) is 4.79 Å². The smallest absolute Gasteiger partial charge is 0.264 e. The molecule has 0 amide bonds. The standard InChI is InChI=1S/C16H13Cl2N5O2S/c17-9-5-10(18)7-11(6-9)23-8-19-13-12(15(23)26)14(24)21-16(20-13)22-1-3-25-4-2-22/h5-8H,1-4H2,(H,20,21,24). The molecular weight excluding hydrogens is 397 g/mol. The fraction of sp³-hybridized carbons (Fsp3) is 0.250. The highest BCUT2D eigenvalue weighted by Gasteiger charge is 2.16. The van der Waals surface area contributed by atoms with Gasteiger partial charge in [-0.2, -0.15) is 4.98 Å². The van der Waals surface area contributed by atoms with Gasteiger partial charge >= 0.3 is 0 Å². The van der Waals surface area contributed by atoms with Crippen molar-refractivity contribution in [2.45, 2.75) is 0 Å². The van der Waals surface area contributed by atoms with E-state index in [1.54, 1.807) is 22.8 Å². The number of rotatable bonds is 2. The predicted octanol–water partition coefficient (Wildman–Crippen LogP) is 2.98. The minimum absolute atomic E-state index is 0.246.